The van der Waals surface area contributed by atoms with Crippen LogP contribution in [0.2, 0.25) is 0 Å². The summed E-state index contributed by atoms with van der Waals surface area (Å²) in [5.41, 5.74) is 2.06. The second-order valence-corrected chi connectivity index (χ2v) is 7.34. The van der Waals surface area contributed by atoms with Crippen molar-refractivity contribution in [3.8, 4) is 11.3 Å². The maximum absolute atomic E-state index is 12.4. The van der Waals surface area contributed by atoms with E-state index in [2.05, 4.69) is 10.00 Å². The van der Waals surface area contributed by atoms with Gasteiger partial charge in [0.15, 0.2) is 11.8 Å². The van der Waals surface area contributed by atoms with Crippen molar-refractivity contribution in [2.45, 2.75) is 32.2 Å². The number of Topliss-reactive ketones (excluding diaryl/α,β-unsaturated/α-hetero) is 1. The molecule has 1 atom stereocenters. The van der Waals surface area contributed by atoms with Crippen molar-refractivity contribution in [3.63, 3.8) is 0 Å². The molecule has 0 N–H and O–H groups in total. The molecule has 1 aliphatic heterocycles. The van der Waals surface area contributed by atoms with Gasteiger partial charge in [-0.05, 0) is 44.4 Å². The third-order valence-corrected chi connectivity index (χ3v) is 5.01. The van der Waals surface area contributed by atoms with E-state index in [4.69, 9.17) is 0 Å². The Bertz CT molecular complexity index is 912. The van der Waals surface area contributed by atoms with Crippen LogP contribution in [-0.4, -0.2) is 53.6 Å². The average molecular weight is 382 g/mol. The Balaban J connectivity index is 1.93. The number of benzene rings is 1. The summed E-state index contributed by atoms with van der Waals surface area (Å²) >= 11 is 0. The van der Waals surface area contributed by atoms with Crippen molar-refractivity contribution in [1.82, 2.24) is 14.7 Å². The van der Waals surface area contributed by atoms with Gasteiger partial charge in [-0.25, -0.2) is 4.68 Å². The monoisotopic (exact) mass is 382 g/mol. The van der Waals surface area contributed by atoms with Crippen LogP contribution in [0.1, 0.15) is 32.2 Å². The number of ketones is 1. The number of rotatable bonds is 5. The number of nitrogens with zero attached hydrogens (tertiary/aromatic N) is 4. The standard InChI is InChI=1S/C21H26N4O3/c1-15(26)20(21(28)23(2)3)25-19(27)12-11-18(22-25)16-7-9-17(10-8-16)24-13-5-4-6-14-24/h7-12,20H,4-6,13-14H2,1-3H3/t20-/m1/s1. The van der Waals surface area contributed by atoms with E-state index in [0.717, 1.165) is 23.3 Å². The fraction of sp³-hybridized carbons (Fsp3) is 0.429. The Labute approximate surface area is 164 Å². The number of aromatic nitrogens is 2. The van der Waals surface area contributed by atoms with Crippen LogP contribution in [0.5, 0.6) is 0 Å². The topological polar surface area (TPSA) is 75.5 Å². The van der Waals surface area contributed by atoms with Crippen molar-refractivity contribution in [3.05, 3.63) is 46.8 Å². The molecule has 7 heteroatoms. The maximum Gasteiger partial charge on any atom is 0.267 e. The Kier molecular flexibility index (Phi) is 5.92. The molecule has 0 unspecified atom stereocenters. The van der Waals surface area contributed by atoms with E-state index in [1.807, 2.05) is 24.3 Å². The molecule has 0 spiro atoms. The number of anilines is 1. The molecule has 1 aliphatic rings. The summed E-state index contributed by atoms with van der Waals surface area (Å²) in [5.74, 6) is -0.898. The average Bonchev–Trinajstić information content (AvgIpc) is 2.70. The first-order valence-corrected chi connectivity index (χ1v) is 9.55. The van der Waals surface area contributed by atoms with Crippen LogP contribution in [0.4, 0.5) is 5.69 Å². The van der Waals surface area contributed by atoms with Gasteiger partial charge >= 0.3 is 0 Å². The molecule has 1 amide bonds. The van der Waals surface area contributed by atoms with Crippen molar-refractivity contribution in [2.24, 2.45) is 0 Å². The largest absolute Gasteiger partial charge is 0.372 e. The van der Waals surface area contributed by atoms with Gasteiger partial charge in [-0.1, -0.05) is 12.1 Å². The molecule has 0 radical (unpaired) electrons. The molecule has 1 saturated heterocycles. The van der Waals surface area contributed by atoms with Crippen molar-refractivity contribution >= 4 is 17.4 Å². The highest BCUT2D eigenvalue weighted by molar-refractivity contribution is 6.02. The summed E-state index contributed by atoms with van der Waals surface area (Å²) in [7, 11) is 3.10. The summed E-state index contributed by atoms with van der Waals surface area (Å²) in [4.78, 5) is 40.4. The lowest BCUT2D eigenvalue weighted by Gasteiger charge is -2.28. The minimum absolute atomic E-state index is 0.425. The van der Waals surface area contributed by atoms with E-state index >= 15 is 0 Å². The van der Waals surface area contributed by atoms with Gasteiger partial charge in [0, 0.05) is 44.5 Å². The van der Waals surface area contributed by atoms with Crippen molar-refractivity contribution in [2.75, 3.05) is 32.1 Å². The van der Waals surface area contributed by atoms with Gasteiger partial charge in [-0.3, -0.25) is 14.4 Å². The molecular weight excluding hydrogens is 356 g/mol. The van der Waals surface area contributed by atoms with Crippen LogP contribution in [0, 0.1) is 0 Å². The highest BCUT2D eigenvalue weighted by Gasteiger charge is 2.29. The highest BCUT2D eigenvalue weighted by atomic mass is 16.2. The quantitative estimate of drug-likeness (QED) is 0.741. The first-order valence-electron chi connectivity index (χ1n) is 9.55. The van der Waals surface area contributed by atoms with Crippen LogP contribution < -0.4 is 10.5 Å². The Morgan fingerprint density at radius 1 is 1.00 bits per heavy atom. The van der Waals surface area contributed by atoms with Gasteiger partial charge in [0.05, 0.1) is 5.69 Å². The van der Waals surface area contributed by atoms with Crippen molar-refractivity contribution < 1.29 is 9.59 Å². The highest BCUT2D eigenvalue weighted by Crippen LogP contribution is 2.24. The lowest BCUT2D eigenvalue weighted by Crippen LogP contribution is -2.41. The lowest BCUT2D eigenvalue weighted by molar-refractivity contribution is -0.138. The van der Waals surface area contributed by atoms with E-state index in [0.29, 0.717) is 5.69 Å². The normalized spacial score (nSPS) is 15.2. The summed E-state index contributed by atoms with van der Waals surface area (Å²) in [5, 5.41) is 4.33. The van der Waals surface area contributed by atoms with Gasteiger partial charge < -0.3 is 9.80 Å². The molecule has 1 aromatic carbocycles. The number of carbonyl (C=O) groups excluding carboxylic acids is 2. The van der Waals surface area contributed by atoms with Crippen LogP contribution in [-0.2, 0) is 9.59 Å². The Morgan fingerprint density at radius 3 is 2.21 bits per heavy atom. The van der Waals surface area contributed by atoms with Gasteiger partial charge in [-0.15, -0.1) is 0 Å². The number of piperidine rings is 1. The maximum atomic E-state index is 12.4. The second kappa shape index (κ2) is 8.37. The van der Waals surface area contributed by atoms with Crippen LogP contribution in [0.25, 0.3) is 11.3 Å². The number of amides is 1. The number of hydrogen-bond acceptors (Lipinski definition) is 5. The third kappa shape index (κ3) is 4.13. The Hall–Kier alpha value is -2.96. The summed E-state index contributed by atoms with van der Waals surface area (Å²) in [6, 6.07) is 9.72. The van der Waals surface area contributed by atoms with Gasteiger partial charge in [0.1, 0.15) is 0 Å². The number of likely N-dealkylation sites (N-methyl/N-ethyl adjacent to an activating group) is 1. The predicted molar refractivity (Wildman–Crippen MR) is 108 cm³/mol. The van der Waals surface area contributed by atoms with E-state index in [-0.39, 0.29) is 0 Å². The first kappa shape index (κ1) is 19.8. The molecule has 148 valence electrons. The zero-order valence-corrected chi connectivity index (χ0v) is 16.6. The molecule has 0 bridgehead atoms. The summed E-state index contributed by atoms with van der Waals surface area (Å²) < 4.78 is 0.985. The molecular formula is C21H26N4O3. The zero-order valence-electron chi connectivity index (χ0n) is 16.6. The minimum atomic E-state index is -1.25. The molecule has 2 heterocycles. The van der Waals surface area contributed by atoms with Gasteiger partial charge in [0.2, 0.25) is 0 Å². The molecule has 7 nitrogen and oxygen atoms in total. The smallest absolute Gasteiger partial charge is 0.267 e. The summed E-state index contributed by atoms with van der Waals surface area (Å²) in [6.45, 7) is 3.42. The van der Waals surface area contributed by atoms with E-state index in [9.17, 15) is 14.4 Å². The summed E-state index contributed by atoms with van der Waals surface area (Å²) in [6.07, 6.45) is 3.70. The second-order valence-electron chi connectivity index (χ2n) is 7.34. The first-order chi connectivity index (χ1) is 13.4. The molecule has 28 heavy (non-hydrogen) atoms. The molecule has 1 fully saturated rings. The molecule has 0 saturated carbocycles. The van der Waals surface area contributed by atoms with E-state index < -0.39 is 23.3 Å². The van der Waals surface area contributed by atoms with Crippen LogP contribution in [0.3, 0.4) is 0 Å². The Morgan fingerprint density at radius 2 is 1.64 bits per heavy atom. The van der Waals surface area contributed by atoms with E-state index in [1.54, 1.807) is 20.2 Å². The fourth-order valence-electron chi connectivity index (χ4n) is 3.45. The lowest BCUT2D eigenvalue weighted by atomic mass is 10.1. The van der Waals surface area contributed by atoms with Crippen molar-refractivity contribution in [1.29, 1.82) is 0 Å². The molecule has 2 aromatic rings. The fourth-order valence-corrected chi connectivity index (χ4v) is 3.45. The molecule has 1 aromatic heterocycles. The van der Waals surface area contributed by atoms with Gasteiger partial charge in [-0.2, -0.15) is 5.10 Å². The SMILES string of the molecule is CC(=O)[C@H](C(=O)N(C)C)n1nc(-c2ccc(N3CCCCC3)cc2)ccc1=O. The zero-order chi connectivity index (χ0) is 20.3. The number of hydrogen-bond donors (Lipinski definition) is 0. The predicted octanol–water partition coefficient (Wildman–Crippen LogP) is 2.12. The number of carbonyl (C=O) groups is 2. The third-order valence-electron chi connectivity index (χ3n) is 5.01. The van der Waals surface area contributed by atoms with Crippen LogP contribution >= 0.6 is 0 Å². The van der Waals surface area contributed by atoms with Crippen LogP contribution in [0.15, 0.2) is 41.2 Å². The minimum Gasteiger partial charge on any atom is -0.372 e. The van der Waals surface area contributed by atoms with E-state index in [1.165, 1.54) is 42.8 Å². The molecule has 3 rings (SSSR count). The molecule has 0 aliphatic carbocycles. The van der Waals surface area contributed by atoms with Gasteiger partial charge in [0.25, 0.3) is 11.5 Å².